The normalized spacial score (nSPS) is 17.5. The maximum Gasteiger partial charge on any atom is 0.276 e. The molecule has 0 unspecified atom stereocenters. The Kier molecular flexibility index (Phi) is 4.76. The van der Waals surface area contributed by atoms with E-state index in [1.165, 1.54) is 0 Å². The smallest absolute Gasteiger partial charge is 0.276 e. The van der Waals surface area contributed by atoms with Crippen LogP contribution in [0.1, 0.15) is 26.9 Å². The van der Waals surface area contributed by atoms with E-state index in [1.807, 2.05) is 0 Å². The van der Waals surface area contributed by atoms with Crippen LogP contribution < -0.4 is 4.74 Å². The monoisotopic (exact) mass is 371 g/mol. The predicted molar refractivity (Wildman–Crippen MR) is 94.7 cm³/mol. The van der Waals surface area contributed by atoms with E-state index in [9.17, 15) is 9.59 Å². The van der Waals surface area contributed by atoms with Crippen LogP contribution in [-0.4, -0.2) is 83.1 Å². The van der Waals surface area contributed by atoms with Gasteiger partial charge in [-0.15, -0.1) is 5.10 Å². The van der Waals surface area contributed by atoms with Gasteiger partial charge >= 0.3 is 0 Å². The molecule has 0 saturated carbocycles. The van der Waals surface area contributed by atoms with Gasteiger partial charge in [-0.3, -0.25) is 9.59 Å². The summed E-state index contributed by atoms with van der Waals surface area (Å²) in [6.45, 7) is 3.31. The predicted octanol–water partition coefficient (Wildman–Crippen LogP) is 0.456. The highest BCUT2D eigenvalue weighted by atomic mass is 16.5. The lowest BCUT2D eigenvalue weighted by atomic mass is 10.1. The van der Waals surface area contributed by atoms with Gasteiger partial charge in [0.2, 0.25) is 0 Å². The summed E-state index contributed by atoms with van der Waals surface area (Å²) in [7, 11) is 1.59. The van der Waals surface area contributed by atoms with Crippen molar-refractivity contribution in [3.8, 4) is 5.75 Å². The summed E-state index contributed by atoms with van der Waals surface area (Å²) in [6, 6.07) is 7.08. The Hall–Kier alpha value is -2.94. The topological polar surface area (TPSA) is 89.8 Å². The van der Waals surface area contributed by atoms with Crippen LogP contribution in [0.15, 0.2) is 30.5 Å². The zero-order valence-corrected chi connectivity index (χ0v) is 15.1. The molecule has 2 aromatic rings. The number of ether oxygens (including phenoxy) is 2. The summed E-state index contributed by atoms with van der Waals surface area (Å²) in [4.78, 5) is 28.4. The van der Waals surface area contributed by atoms with Crippen molar-refractivity contribution in [1.82, 2.24) is 24.8 Å². The molecule has 0 radical (unpaired) electrons. The van der Waals surface area contributed by atoms with Gasteiger partial charge in [0.15, 0.2) is 5.69 Å². The van der Waals surface area contributed by atoms with Gasteiger partial charge in [-0.05, 0) is 24.3 Å². The van der Waals surface area contributed by atoms with E-state index in [0.29, 0.717) is 56.4 Å². The van der Waals surface area contributed by atoms with Crippen LogP contribution in [0, 0.1) is 0 Å². The van der Waals surface area contributed by atoms with E-state index in [4.69, 9.17) is 9.47 Å². The highest BCUT2D eigenvalue weighted by Crippen LogP contribution is 2.23. The number of carbonyl (C=O) groups is 2. The maximum atomic E-state index is 12.5. The molecule has 2 fully saturated rings. The third-order valence-electron chi connectivity index (χ3n) is 4.89. The third-order valence-corrected chi connectivity index (χ3v) is 4.89. The van der Waals surface area contributed by atoms with Crippen molar-refractivity contribution in [2.24, 2.45) is 0 Å². The molecule has 2 aliphatic heterocycles. The molecule has 2 saturated heterocycles. The summed E-state index contributed by atoms with van der Waals surface area (Å²) in [6.07, 6.45) is 1.66. The molecular formula is C18H21N5O4. The Morgan fingerprint density at radius 3 is 2.44 bits per heavy atom. The second kappa shape index (κ2) is 7.36. The lowest BCUT2D eigenvalue weighted by Gasteiger charge is -2.38. The van der Waals surface area contributed by atoms with Gasteiger partial charge in [0.05, 0.1) is 32.6 Å². The molecule has 4 rings (SSSR count). The van der Waals surface area contributed by atoms with Gasteiger partial charge in [0.25, 0.3) is 11.8 Å². The van der Waals surface area contributed by atoms with Crippen molar-refractivity contribution in [2.75, 3.05) is 46.5 Å². The summed E-state index contributed by atoms with van der Waals surface area (Å²) in [5.41, 5.74) is 0.952. The number of rotatable bonds is 4. The number of hydrogen-bond donors (Lipinski definition) is 0. The highest BCUT2D eigenvalue weighted by molar-refractivity contribution is 5.95. The standard InChI is InChI=1S/C18H21N5O4/c1-26-15-4-2-13(3-5-15)17(24)22-10-14(11-22)23-12-16(19-20-23)18(25)21-6-8-27-9-7-21/h2-5,12,14H,6-11H2,1H3. The van der Waals surface area contributed by atoms with E-state index in [0.717, 1.165) is 0 Å². The van der Waals surface area contributed by atoms with Crippen LogP contribution in [0.3, 0.4) is 0 Å². The quantitative estimate of drug-likeness (QED) is 0.776. The Labute approximate surface area is 156 Å². The van der Waals surface area contributed by atoms with E-state index < -0.39 is 0 Å². The van der Waals surface area contributed by atoms with Crippen LogP contribution in [-0.2, 0) is 4.74 Å². The van der Waals surface area contributed by atoms with Gasteiger partial charge in [-0.1, -0.05) is 5.21 Å². The molecule has 0 N–H and O–H groups in total. The summed E-state index contributed by atoms with van der Waals surface area (Å²) in [5, 5.41) is 8.08. The first-order chi connectivity index (χ1) is 13.2. The molecule has 9 nitrogen and oxygen atoms in total. The molecule has 1 aromatic heterocycles. The lowest BCUT2D eigenvalue weighted by Crippen LogP contribution is -2.50. The first kappa shape index (κ1) is 17.5. The molecular weight excluding hydrogens is 350 g/mol. The molecule has 1 aromatic carbocycles. The zero-order chi connectivity index (χ0) is 18.8. The maximum absolute atomic E-state index is 12.5. The van der Waals surface area contributed by atoms with E-state index in [-0.39, 0.29) is 17.9 Å². The van der Waals surface area contributed by atoms with Crippen molar-refractivity contribution in [3.05, 3.63) is 41.7 Å². The van der Waals surface area contributed by atoms with E-state index in [1.54, 1.807) is 52.1 Å². The Balaban J connectivity index is 1.34. The molecule has 3 heterocycles. The van der Waals surface area contributed by atoms with Crippen LogP contribution in [0.2, 0.25) is 0 Å². The minimum Gasteiger partial charge on any atom is -0.497 e. The van der Waals surface area contributed by atoms with Crippen molar-refractivity contribution in [3.63, 3.8) is 0 Å². The largest absolute Gasteiger partial charge is 0.497 e. The van der Waals surface area contributed by atoms with Crippen molar-refractivity contribution < 1.29 is 19.1 Å². The molecule has 142 valence electrons. The second-order valence-electron chi connectivity index (χ2n) is 6.58. The molecule has 9 heteroatoms. The van der Waals surface area contributed by atoms with Crippen LogP contribution >= 0.6 is 0 Å². The van der Waals surface area contributed by atoms with Crippen LogP contribution in [0.4, 0.5) is 0 Å². The Bertz CT molecular complexity index is 823. The minimum atomic E-state index is -0.130. The van der Waals surface area contributed by atoms with Crippen molar-refractivity contribution in [1.29, 1.82) is 0 Å². The number of methoxy groups -OCH3 is 1. The number of carbonyl (C=O) groups excluding carboxylic acids is 2. The molecule has 0 bridgehead atoms. The number of likely N-dealkylation sites (tertiary alicyclic amines) is 1. The average Bonchev–Trinajstić information content (AvgIpc) is 3.16. The lowest BCUT2D eigenvalue weighted by molar-refractivity contribution is 0.0298. The van der Waals surface area contributed by atoms with Crippen molar-refractivity contribution >= 4 is 11.8 Å². The van der Waals surface area contributed by atoms with E-state index in [2.05, 4.69) is 10.3 Å². The molecule has 0 aliphatic carbocycles. The molecule has 27 heavy (non-hydrogen) atoms. The highest BCUT2D eigenvalue weighted by Gasteiger charge is 2.34. The number of aromatic nitrogens is 3. The minimum absolute atomic E-state index is 0.0290. The molecule has 2 amide bonds. The molecule has 2 aliphatic rings. The van der Waals surface area contributed by atoms with Gasteiger partial charge in [0.1, 0.15) is 5.75 Å². The zero-order valence-electron chi connectivity index (χ0n) is 15.1. The first-order valence-corrected chi connectivity index (χ1v) is 8.88. The summed E-state index contributed by atoms with van der Waals surface area (Å²) < 4.78 is 12.0. The Morgan fingerprint density at radius 1 is 1.07 bits per heavy atom. The van der Waals surface area contributed by atoms with Crippen LogP contribution in [0.5, 0.6) is 5.75 Å². The number of nitrogens with zero attached hydrogens (tertiary/aromatic N) is 5. The van der Waals surface area contributed by atoms with Gasteiger partial charge in [0, 0.05) is 31.7 Å². The van der Waals surface area contributed by atoms with E-state index >= 15 is 0 Å². The summed E-state index contributed by atoms with van der Waals surface area (Å²) in [5.74, 6) is 0.557. The number of morpholine rings is 1. The van der Waals surface area contributed by atoms with Gasteiger partial charge < -0.3 is 19.3 Å². The fourth-order valence-electron chi connectivity index (χ4n) is 3.19. The first-order valence-electron chi connectivity index (χ1n) is 8.88. The third kappa shape index (κ3) is 3.50. The van der Waals surface area contributed by atoms with Gasteiger partial charge in [-0.25, -0.2) is 4.68 Å². The molecule has 0 spiro atoms. The number of hydrogen-bond acceptors (Lipinski definition) is 6. The fourth-order valence-corrected chi connectivity index (χ4v) is 3.19. The number of benzene rings is 1. The Morgan fingerprint density at radius 2 is 1.78 bits per heavy atom. The SMILES string of the molecule is COc1ccc(C(=O)N2CC(n3cc(C(=O)N4CCOCC4)nn3)C2)cc1. The van der Waals surface area contributed by atoms with Gasteiger partial charge in [-0.2, -0.15) is 0 Å². The summed E-state index contributed by atoms with van der Waals surface area (Å²) >= 11 is 0. The number of amides is 2. The average molecular weight is 371 g/mol. The molecule has 0 atom stereocenters. The van der Waals surface area contributed by atoms with Crippen LogP contribution in [0.25, 0.3) is 0 Å². The second-order valence-corrected chi connectivity index (χ2v) is 6.58. The van der Waals surface area contributed by atoms with Crippen molar-refractivity contribution in [2.45, 2.75) is 6.04 Å². The fraction of sp³-hybridized carbons (Fsp3) is 0.444.